The second-order valence-electron chi connectivity index (χ2n) is 5.74. The van der Waals surface area contributed by atoms with Gasteiger partial charge in [0.05, 0.1) is 16.6 Å². The first-order chi connectivity index (χ1) is 9.88. The van der Waals surface area contributed by atoms with Crippen molar-refractivity contribution in [2.45, 2.75) is 27.7 Å². The van der Waals surface area contributed by atoms with Crippen molar-refractivity contribution in [2.24, 2.45) is 0 Å². The number of fused-ring (bicyclic) bond motifs is 2. The molecule has 0 saturated carbocycles. The fourth-order valence-corrected chi connectivity index (χ4v) is 3.19. The van der Waals surface area contributed by atoms with Gasteiger partial charge in [0.1, 0.15) is 0 Å². The highest BCUT2D eigenvalue weighted by atomic mass is 16.4. The zero-order chi connectivity index (χ0) is 15.3. The molecule has 2 aromatic carbocycles. The number of carboxylic acids is 1. The van der Waals surface area contributed by atoms with Crippen LogP contribution in [0.25, 0.3) is 21.8 Å². The summed E-state index contributed by atoms with van der Waals surface area (Å²) in [7, 11) is 0. The fraction of sp³-hybridized carbons (Fsp3) is 0.222. The average molecular weight is 279 g/mol. The van der Waals surface area contributed by atoms with Crippen molar-refractivity contribution in [1.29, 1.82) is 0 Å². The van der Waals surface area contributed by atoms with Crippen LogP contribution in [0.4, 0.5) is 0 Å². The Bertz CT molecular complexity index is 844. The van der Waals surface area contributed by atoms with E-state index in [1.807, 2.05) is 52.0 Å². The molecule has 0 aliphatic rings. The van der Waals surface area contributed by atoms with Crippen molar-refractivity contribution in [3.8, 4) is 0 Å². The second-order valence-corrected chi connectivity index (χ2v) is 5.74. The van der Waals surface area contributed by atoms with Crippen LogP contribution in [-0.4, -0.2) is 16.1 Å². The third kappa shape index (κ3) is 2.05. The quantitative estimate of drug-likeness (QED) is 0.675. The molecular formula is C18H17NO2. The summed E-state index contributed by atoms with van der Waals surface area (Å²) in [5.74, 6) is -0.897. The lowest BCUT2D eigenvalue weighted by molar-refractivity contribution is 0.0701. The van der Waals surface area contributed by atoms with Gasteiger partial charge in [-0.15, -0.1) is 0 Å². The van der Waals surface area contributed by atoms with Gasteiger partial charge in [0, 0.05) is 10.8 Å². The van der Waals surface area contributed by atoms with Crippen LogP contribution < -0.4 is 0 Å². The molecule has 0 saturated heterocycles. The number of carboxylic acid groups (broad SMARTS) is 1. The highest BCUT2D eigenvalue weighted by Crippen LogP contribution is 2.31. The zero-order valence-electron chi connectivity index (χ0n) is 12.6. The SMILES string of the molecule is Cc1cc(C)c2c(C(=O)O)c3c(C)cc(C)cc3nc2c1. The Morgan fingerprint density at radius 2 is 1.29 bits per heavy atom. The summed E-state index contributed by atoms with van der Waals surface area (Å²) in [5, 5.41) is 11.2. The molecule has 21 heavy (non-hydrogen) atoms. The van der Waals surface area contributed by atoms with Crippen LogP contribution in [0.1, 0.15) is 32.6 Å². The van der Waals surface area contributed by atoms with Gasteiger partial charge < -0.3 is 5.11 Å². The van der Waals surface area contributed by atoms with Crippen LogP contribution >= 0.6 is 0 Å². The third-order valence-electron chi connectivity index (χ3n) is 3.87. The van der Waals surface area contributed by atoms with E-state index in [2.05, 4.69) is 0 Å². The molecule has 0 atom stereocenters. The standard InChI is InChI=1S/C18H17NO2/c1-9-5-11(3)15-13(7-9)19-14-8-10(2)6-12(4)16(14)17(15)18(20)21/h5-8H,1-4H3,(H,20,21). The maximum absolute atomic E-state index is 11.9. The van der Waals surface area contributed by atoms with E-state index in [1.165, 1.54) is 0 Å². The number of aromatic nitrogens is 1. The number of aryl methyl sites for hydroxylation is 4. The van der Waals surface area contributed by atoms with Gasteiger partial charge >= 0.3 is 5.97 Å². The maximum Gasteiger partial charge on any atom is 0.337 e. The topological polar surface area (TPSA) is 50.2 Å². The minimum atomic E-state index is -0.897. The van der Waals surface area contributed by atoms with Crippen molar-refractivity contribution < 1.29 is 9.90 Å². The summed E-state index contributed by atoms with van der Waals surface area (Å²) in [4.78, 5) is 16.6. The van der Waals surface area contributed by atoms with Gasteiger partial charge in [-0.25, -0.2) is 9.78 Å². The molecule has 106 valence electrons. The lowest BCUT2D eigenvalue weighted by atomic mass is 9.94. The van der Waals surface area contributed by atoms with E-state index < -0.39 is 5.97 Å². The van der Waals surface area contributed by atoms with Gasteiger partial charge in [0.25, 0.3) is 0 Å². The van der Waals surface area contributed by atoms with Gasteiger partial charge in [0.2, 0.25) is 0 Å². The van der Waals surface area contributed by atoms with Crippen molar-refractivity contribution in [2.75, 3.05) is 0 Å². The Morgan fingerprint density at radius 3 is 1.67 bits per heavy atom. The first kappa shape index (κ1) is 13.6. The molecule has 3 nitrogen and oxygen atoms in total. The number of carbonyl (C=O) groups is 1. The molecule has 3 rings (SSSR count). The fourth-order valence-electron chi connectivity index (χ4n) is 3.19. The van der Waals surface area contributed by atoms with Gasteiger partial charge in [0.15, 0.2) is 0 Å². The predicted molar refractivity (Wildman–Crippen MR) is 85.2 cm³/mol. The smallest absolute Gasteiger partial charge is 0.337 e. The van der Waals surface area contributed by atoms with Gasteiger partial charge in [-0.05, 0) is 62.1 Å². The molecular weight excluding hydrogens is 262 g/mol. The predicted octanol–water partition coefficient (Wildman–Crippen LogP) is 4.32. The molecule has 1 N–H and O–H groups in total. The normalized spacial score (nSPS) is 11.2. The summed E-state index contributed by atoms with van der Waals surface area (Å²) < 4.78 is 0. The second kappa shape index (κ2) is 4.55. The molecule has 0 bridgehead atoms. The molecule has 0 spiro atoms. The van der Waals surface area contributed by atoms with E-state index in [1.54, 1.807) is 0 Å². The monoisotopic (exact) mass is 279 g/mol. The van der Waals surface area contributed by atoms with Crippen LogP contribution in [0.3, 0.4) is 0 Å². The Labute approximate surface area is 123 Å². The molecule has 3 aromatic rings. The summed E-state index contributed by atoms with van der Waals surface area (Å²) in [5.41, 5.74) is 5.96. The lowest BCUT2D eigenvalue weighted by Crippen LogP contribution is -2.04. The first-order valence-electron chi connectivity index (χ1n) is 6.93. The average Bonchev–Trinajstić information content (AvgIpc) is 2.35. The van der Waals surface area contributed by atoms with Crippen molar-refractivity contribution >= 4 is 27.8 Å². The first-order valence-corrected chi connectivity index (χ1v) is 6.93. The summed E-state index contributed by atoms with van der Waals surface area (Å²) in [6.07, 6.45) is 0. The van der Waals surface area contributed by atoms with Crippen molar-refractivity contribution in [3.05, 3.63) is 52.1 Å². The highest BCUT2D eigenvalue weighted by Gasteiger charge is 2.18. The number of hydrogen-bond donors (Lipinski definition) is 1. The minimum absolute atomic E-state index is 0.366. The van der Waals surface area contributed by atoms with Crippen LogP contribution in [0.5, 0.6) is 0 Å². The molecule has 0 aliphatic heterocycles. The molecule has 0 fully saturated rings. The number of aromatic carboxylic acids is 1. The van der Waals surface area contributed by atoms with Crippen LogP contribution in [0.2, 0.25) is 0 Å². The highest BCUT2D eigenvalue weighted by molar-refractivity contribution is 6.15. The van der Waals surface area contributed by atoms with Crippen LogP contribution in [0, 0.1) is 27.7 Å². The van der Waals surface area contributed by atoms with E-state index in [4.69, 9.17) is 4.98 Å². The van der Waals surface area contributed by atoms with Crippen LogP contribution in [-0.2, 0) is 0 Å². The number of benzene rings is 2. The molecule has 1 heterocycles. The minimum Gasteiger partial charge on any atom is -0.478 e. The Hall–Kier alpha value is -2.42. The number of pyridine rings is 1. The largest absolute Gasteiger partial charge is 0.478 e. The summed E-state index contributed by atoms with van der Waals surface area (Å²) in [6.45, 7) is 7.89. The molecule has 0 aliphatic carbocycles. The Morgan fingerprint density at radius 1 is 0.857 bits per heavy atom. The van der Waals surface area contributed by atoms with E-state index in [0.717, 1.165) is 44.1 Å². The maximum atomic E-state index is 11.9. The van der Waals surface area contributed by atoms with Crippen LogP contribution in [0.15, 0.2) is 24.3 Å². The number of hydrogen-bond acceptors (Lipinski definition) is 2. The molecule has 0 unspecified atom stereocenters. The van der Waals surface area contributed by atoms with Gasteiger partial charge in [-0.2, -0.15) is 0 Å². The van der Waals surface area contributed by atoms with Gasteiger partial charge in [-0.3, -0.25) is 0 Å². The molecule has 3 heteroatoms. The molecule has 0 amide bonds. The lowest BCUT2D eigenvalue weighted by Gasteiger charge is -2.13. The zero-order valence-corrected chi connectivity index (χ0v) is 12.6. The molecule has 1 aromatic heterocycles. The van der Waals surface area contributed by atoms with E-state index in [0.29, 0.717) is 5.56 Å². The van der Waals surface area contributed by atoms with E-state index >= 15 is 0 Å². The van der Waals surface area contributed by atoms with Crippen molar-refractivity contribution in [3.63, 3.8) is 0 Å². The van der Waals surface area contributed by atoms with Crippen molar-refractivity contribution in [1.82, 2.24) is 4.98 Å². The van der Waals surface area contributed by atoms with E-state index in [-0.39, 0.29) is 0 Å². The summed E-state index contributed by atoms with van der Waals surface area (Å²) >= 11 is 0. The van der Waals surface area contributed by atoms with Gasteiger partial charge in [-0.1, -0.05) is 12.1 Å². The number of nitrogens with zero attached hydrogens (tertiary/aromatic N) is 1. The Balaban J connectivity index is 2.66. The summed E-state index contributed by atoms with van der Waals surface area (Å²) in [6, 6.07) is 7.91. The van der Waals surface area contributed by atoms with E-state index in [9.17, 15) is 9.90 Å². The molecule has 0 radical (unpaired) electrons. The Kier molecular flexibility index (Phi) is 2.94. The third-order valence-corrected chi connectivity index (χ3v) is 3.87. The number of rotatable bonds is 1.